The van der Waals surface area contributed by atoms with E-state index in [2.05, 4.69) is 0 Å². The molecule has 0 heterocycles. The molecule has 0 atom stereocenters. The van der Waals surface area contributed by atoms with Gasteiger partial charge in [0.1, 0.15) is 6.42 Å². The highest BCUT2D eigenvalue weighted by molar-refractivity contribution is 6.01. The van der Waals surface area contributed by atoms with Gasteiger partial charge in [-0.2, -0.15) is 0 Å². The molecule has 0 bridgehead atoms. The summed E-state index contributed by atoms with van der Waals surface area (Å²) in [6.07, 6.45) is 5.88. The molecule has 0 radical (unpaired) electrons. The fourth-order valence-electron chi connectivity index (χ4n) is 1.10. The Kier molecular flexibility index (Phi) is 4.73. The van der Waals surface area contributed by atoms with Crippen LogP contribution in [0.25, 0.3) is 6.08 Å². The number of aliphatic carboxylic acids is 1. The Labute approximate surface area is 93.7 Å². The van der Waals surface area contributed by atoms with Gasteiger partial charge in [-0.3, -0.25) is 9.59 Å². The molecule has 3 heteroatoms. The molecule has 82 valence electrons. The lowest BCUT2D eigenvalue weighted by Crippen LogP contribution is -2.02. The van der Waals surface area contributed by atoms with Crippen molar-refractivity contribution in [1.82, 2.24) is 0 Å². The molecule has 0 saturated heterocycles. The van der Waals surface area contributed by atoms with Gasteiger partial charge in [0.25, 0.3) is 0 Å². The first-order valence-electron chi connectivity index (χ1n) is 4.83. The number of carboxylic acid groups (broad SMARTS) is 1. The molecule has 0 unspecified atom stereocenters. The van der Waals surface area contributed by atoms with Gasteiger partial charge in [-0.25, -0.2) is 0 Å². The molecule has 0 spiro atoms. The van der Waals surface area contributed by atoms with E-state index in [1.165, 1.54) is 12.2 Å². The molecule has 1 aromatic carbocycles. The van der Waals surface area contributed by atoms with Crippen LogP contribution in [0.4, 0.5) is 0 Å². The second-order valence-corrected chi connectivity index (χ2v) is 3.17. The third kappa shape index (κ3) is 4.91. The van der Waals surface area contributed by atoms with Crippen LogP contribution in [0.3, 0.4) is 0 Å². The summed E-state index contributed by atoms with van der Waals surface area (Å²) in [6.45, 7) is 0. The molecular weight excluding hydrogens is 204 g/mol. The average Bonchev–Trinajstić information content (AvgIpc) is 2.25. The van der Waals surface area contributed by atoms with E-state index in [0.29, 0.717) is 0 Å². The number of carboxylic acids is 1. The molecule has 0 aromatic heterocycles. The maximum atomic E-state index is 11.0. The second-order valence-electron chi connectivity index (χ2n) is 3.17. The number of benzene rings is 1. The van der Waals surface area contributed by atoms with Crippen molar-refractivity contribution in [3.05, 3.63) is 54.1 Å². The zero-order valence-electron chi connectivity index (χ0n) is 8.67. The Hall–Kier alpha value is -2.16. The van der Waals surface area contributed by atoms with Crippen LogP contribution in [0.2, 0.25) is 0 Å². The molecule has 0 amide bonds. The van der Waals surface area contributed by atoms with E-state index in [4.69, 9.17) is 5.11 Å². The fraction of sp³-hybridized carbons (Fsp3) is 0.0769. The molecule has 1 rings (SSSR count). The molecular formula is C13H12O3. The first kappa shape index (κ1) is 11.9. The second kappa shape index (κ2) is 6.35. The summed E-state index contributed by atoms with van der Waals surface area (Å²) in [7, 11) is 0. The molecule has 1 aromatic rings. The Morgan fingerprint density at radius 3 is 2.44 bits per heavy atom. The highest BCUT2D eigenvalue weighted by Gasteiger charge is 2.01. The number of hydrogen-bond acceptors (Lipinski definition) is 2. The minimum Gasteiger partial charge on any atom is -0.481 e. The average molecular weight is 216 g/mol. The van der Waals surface area contributed by atoms with Crippen LogP contribution in [-0.4, -0.2) is 16.9 Å². The SMILES string of the molecule is O=C(O)CC(=O)C=CC=Cc1ccccc1. The van der Waals surface area contributed by atoms with Crippen LogP contribution >= 0.6 is 0 Å². The zero-order valence-corrected chi connectivity index (χ0v) is 8.67. The Balaban J connectivity index is 2.45. The van der Waals surface area contributed by atoms with E-state index in [0.717, 1.165) is 5.56 Å². The Morgan fingerprint density at radius 1 is 1.12 bits per heavy atom. The predicted molar refractivity (Wildman–Crippen MR) is 61.9 cm³/mol. The lowest BCUT2D eigenvalue weighted by molar-refractivity contribution is -0.139. The van der Waals surface area contributed by atoms with Gasteiger partial charge in [-0.1, -0.05) is 48.6 Å². The monoisotopic (exact) mass is 216 g/mol. The van der Waals surface area contributed by atoms with E-state index >= 15 is 0 Å². The number of allylic oxidation sites excluding steroid dienone is 3. The smallest absolute Gasteiger partial charge is 0.311 e. The zero-order chi connectivity index (χ0) is 11.8. The van der Waals surface area contributed by atoms with Crippen molar-refractivity contribution in [2.24, 2.45) is 0 Å². The predicted octanol–water partition coefficient (Wildman–Crippen LogP) is 2.30. The third-order valence-corrected chi connectivity index (χ3v) is 1.81. The third-order valence-electron chi connectivity index (χ3n) is 1.81. The van der Waals surface area contributed by atoms with Crippen LogP contribution < -0.4 is 0 Å². The summed E-state index contributed by atoms with van der Waals surface area (Å²) in [5.41, 5.74) is 1.03. The van der Waals surface area contributed by atoms with Gasteiger partial charge in [-0.05, 0) is 11.6 Å². The molecule has 0 aliphatic rings. The molecule has 0 fully saturated rings. The van der Waals surface area contributed by atoms with Gasteiger partial charge in [0, 0.05) is 0 Å². The van der Waals surface area contributed by atoms with Crippen molar-refractivity contribution >= 4 is 17.8 Å². The van der Waals surface area contributed by atoms with Crippen LogP contribution in [-0.2, 0) is 9.59 Å². The van der Waals surface area contributed by atoms with E-state index < -0.39 is 18.2 Å². The van der Waals surface area contributed by atoms with Crippen LogP contribution in [0.15, 0.2) is 48.6 Å². The fourth-order valence-corrected chi connectivity index (χ4v) is 1.10. The van der Waals surface area contributed by atoms with Crippen molar-refractivity contribution < 1.29 is 14.7 Å². The Bertz CT molecular complexity index is 416. The Morgan fingerprint density at radius 2 is 1.81 bits per heavy atom. The minimum absolute atomic E-state index is 0.412. The van der Waals surface area contributed by atoms with E-state index in [9.17, 15) is 9.59 Å². The van der Waals surface area contributed by atoms with Crippen molar-refractivity contribution in [1.29, 1.82) is 0 Å². The molecule has 3 nitrogen and oxygen atoms in total. The summed E-state index contributed by atoms with van der Waals surface area (Å²) in [5.74, 6) is -1.52. The lowest BCUT2D eigenvalue weighted by Gasteiger charge is -1.89. The quantitative estimate of drug-likeness (QED) is 0.466. The first-order chi connectivity index (χ1) is 7.68. The topological polar surface area (TPSA) is 54.4 Å². The van der Waals surface area contributed by atoms with Crippen LogP contribution in [0, 0.1) is 0 Å². The van der Waals surface area contributed by atoms with E-state index in [1.807, 2.05) is 36.4 Å². The molecule has 1 N–H and O–H groups in total. The first-order valence-corrected chi connectivity index (χ1v) is 4.83. The number of ketones is 1. The maximum absolute atomic E-state index is 11.0. The summed E-state index contributed by atoms with van der Waals surface area (Å²) in [5, 5.41) is 8.35. The summed E-state index contributed by atoms with van der Waals surface area (Å²) >= 11 is 0. The highest BCUT2D eigenvalue weighted by Crippen LogP contribution is 2.00. The van der Waals surface area contributed by atoms with Crippen molar-refractivity contribution in [3.8, 4) is 0 Å². The summed E-state index contributed by atoms with van der Waals surface area (Å²) in [4.78, 5) is 21.2. The lowest BCUT2D eigenvalue weighted by atomic mass is 10.2. The van der Waals surface area contributed by atoms with Gasteiger partial charge in [0.2, 0.25) is 0 Å². The van der Waals surface area contributed by atoms with Gasteiger partial charge < -0.3 is 5.11 Å². The largest absolute Gasteiger partial charge is 0.481 e. The molecule has 16 heavy (non-hydrogen) atoms. The molecule has 0 aliphatic heterocycles. The molecule has 0 saturated carbocycles. The van der Waals surface area contributed by atoms with Crippen molar-refractivity contribution in [2.45, 2.75) is 6.42 Å². The van der Waals surface area contributed by atoms with Crippen molar-refractivity contribution in [3.63, 3.8) is 0 Å². The number of carbonyl (C=O) groups excluding carboxylic acids is 1. The van der Waals surface area contributed by atoms with E-state index in [-0.39, 0.29) is 0 Å². The normalized spacial score (nSPS) is 11.0. The number of hydrogen-bond donors (Lipinski definition) is 1. The number of carbonyl (C=O) groups is 2. The minimum atomic E-state index is -1.11. The summed E-state index contributed by atoms with van der Waals surface area (Å²) in [6, 6.07) is 9.62. The van der Waals surface area contributed by atoms with E-state index in [1.54, 1.807) is 6.08 Å². The van der Waals surface area contributed by atoms with Gasteiger partial charge in [-0.15, -0.1) is 0 Å². The van der Waals surface area contributed by atoms with Crippen LogP contribution in [0.1, 0.15) is 12.0 Å². The summed E-state index contributed by atoms with van der Waals surface area (Å²) < 4.78 is 0. The number of rotatable bonds is 5. The van der Waals surface area contributed by atoms with Gasteiger partial charge >= 0.3 is 5.97 Å². The molecule has 0 aliphatic carbocycles. The standard InChI is InChI=1S/C13H12O3/c14-12(10-13(15)16)9-5-4-8-11-6-2-1-3-7-11/h1-9H,10H2,(H,15,16). The van der Waals surface area contributed by atoms with Gasteiger partial charge in [0.15, 0.2) is 5.78 Å². The van der Waals surface area contributed by atoms with Gasteiger partial charge in [0.05, 0.1) is 0 Å². The van der Waals surface area contributed by atoms with Crippen molar-refractivity contribution in [2.75, 3.05) is 0 Å². The highest BCUT2D eigenvalue weighted by atomic mass is 16.4. The van der Waals surface area contributed by atoms with Crippen LogP contribution in [0.5, 0.6) is 0 Å². The maximum Gasteiger partial charge on any atom is 0.311 e.